The van der Waals surface area contributed by atoms with Gasteiger partial charge in [-0.3, -0.25) is 4.90 Å². The van der Waals surface area contributed by atoms with Gasteiger partial charge in [0.15, 0.2) is 0 Å². The van der Waals surface area contributed by atoms with Gasteiger partial charge >= 0.3 is 0 Å². The largest absolute Gasteiger partial charge is 0.493 e. The van der Waals surface area contributed by atoms with Gasteiger partial charge in [-0.1, -0.05) is 48.6 Å². The molecule has 3 aromatic carbocycles. The summed E-state index contributed by atoms with van der Waals surface area (Å²) in [6.07, 6.45) is 8.07. The van der Waals surface area contributed by atoms with E-state index < -0.39 is 0 Å². The van der Waals surface area contributed by atoms with Gasteiger partial charge in [0.05, 0.1) is 6.61 Å². The van der Waals surface area contributed by atoms with Crippen molar-refractivity contribution < 1.29 is 4.74 Å². The molecular weight excluding hydrogens is 418 g/mol. The first-order chi connectivity index (χ1) is 16.7. The van der Waals surface area contributed by atoms with E-state index in [1.54, 1.807) is 0 Å². The summed E-state index contributed by atoms with van der Waals surface area (Å²) in [5.41, 5.74) is 3.69. The molecule has 4 heteroatoms. The van der Waals surface area contributed by atoms with E-state index in [0.717, 1.165) is 56.8 Å². The van der Waals surface area contributed by atoms with Crippen molar-refractivity contribution in [1.29, 1.82) is 0 Å². The van der Waals surface area contributed by atoms with Gasteiger partial charge in [0.2, 0.25) is 0 Å². The van der Waals surface area contributed by atoms with Crippen molar-refractivity contribution in [3.05, 3.63) is 84.6 Å². The Morgan fingerprint density at radius 3 is 2.65 bits per heavy atom. The van der Waals surface area contributed by atoms with Crippen molar-refractivity contribution in [2.45, 2.75) is 38.3 Å². The first-order valence-electron chi connectivity index (χ1n) is 12.6. The Balaban J connectivity index is 1.11. The molecule has 4 heterocycles. The molecule has 1 N–H and O–H groups in total. The van der Waals surface area contributed by atoms with E-state index in [1.165, 1.54) is 27.5 Å². The van der Waals surface area contributed by atoms with Crippen molar-refractivity contribution in [3.8, 4) is 5.75 Å². The molecule has 34 heavy (non-hydrogen) atoms. The molecule has 0 unspecified atom stereocenters. The fourth-order valence-electron chi connectivity index (χ4n) is 5.73. The second kappa shape index (κ2) is 9.19. The Hall–Kier alpha value is -3.24. The summed E-state index contributed by atoms with van der Waals surface area (Å²) >= 11 is 0. The second-order valence-corrected chi connectivity index (χ2v) is 9.80. The summed E-state index contributed by atoms with van der Waals surface area (Å²) in [7, 11) is 0. The highest BCUT2D eigenvalue weighted by atomic mass is 16.5. The van der Waals surface area contributed by atoms with E-state index in [1.807, 2.05) is 0 Å². The Morgan fingerprint density at radius 1 is 0.882 bits per heavy atom. The molecule has 1 saturated heterocycles. The molecule has 0 saturated carbocycles. The normalized spacial score (nSPS) is 21.6. The molecule has 0 aliphatic carbocycles. The van der Waals surface area contributed by atoms with Crippen LogP contribution in [0.25, 0.3) is 21.7 Å². The molecule has 3 aliphatic heterocycles. The average Bonchev–Trinajstić information content (AvgIpc) is 3.23. The highest BCUT2D eigenvalue weighted by molar-refractivity contribution is 5.87. The van der Waals surface area contributed by atoms with Crippen LogP contribution in [0.2, 0.25) is 0 Å². The van der Waals surface area contributed by atoms with Crippen molar-refractivity contribution in [2.24, 2.45) is 0 Å². The number of piperazine rings is 1. The van der Waals surface area contributed by atoms with E-state index >= 15 is 0 Å². The van der Waals surface area contributed by atoms with E-state index in [0.29, 0.717) is 12.1 Å². The van der Waals surface area contributed by atoms with Gasteiger partial charge in [-0.05, 0) is 67.3 Å². The van der Waals surface area contributed by atoms with Crippen LogP contribution >= 0.6 is 0 Å². The number of nitrogens with zero attached hydrogens (tertiary/aromatic N) is 2. The Bertz CT molecular complexity index is 1320. The monoisotopic (exact) mass is 451 g/mol. The number of benzene rings is 3. The number of rotatable bonds is 6. The molecule has 1 aromatic heterocycles. The average molecular weight is 452 g/mol. The Kier molecular flexibility index (Phi) is 5.76. The first kappa shape index (κ1) is 21.3. The number of anilines is 1. The van der Waals surface area contributed by atoms with E-state index in [4.69, 9.17) is 4.74 Å². The molecule has 2 atom stereocenters. The lowest BCUT2D eigenvalue weighted by Crippen LogP contribution is -2.59. The van der Waals surface area contributed by atoms with Crippen molar-refractivity contribution in [3.63, 3.8) is 0 Å². The summed E-state index contributed by atoms with van der Waals surface area (Å²) in [6, 6.07) is 25.1. The summed E-state index contributed by atoms with van der Waals surface area (Å²) in [4.78, 5) is 8.76. The summed E-state index contributed by atoms with van der Waals surface area (Å²) in [6.45, 7) is 6.14. The number of aromatic nitrogens is 1. The van der Waals surface area contributed by atoms with E-state index in [2.05, 4.69) is 101 Å². The zero-order valence-corrected chi connectivity index (χ0v) is 19.9. The van der Waals surface area contributed by atoms with Crippen LogP contribution in [-0.2, 0) is 0 Å². The number of H-pyrrole nitrogens is 1. The minimum atomic E-state index is 0.520. The predicted octanol–water partition coefficient (Wildman–Crippen LogP) is 6.31. The van der Waals surface area contributed by atoms with E-state index in [9.17, 15) is 0 Å². The molecule has 2 bridgehead atoms. The molecule has 0 radical (unpaired) electrons. The number of aryl methyl sites for hydroxylation is 1. The third-order valence-corrected chi connectivity index (χ3v) is 7.46. The first-order valence-corrected chi connectivity index (χ1v) is 12.6. The molecule has 1 fully saturated rings. The quantitative estimate of drug-likeness (QED) is 0.275. The molecule has 0 amide bonds. The Morgan fingerprint density at radius 2 is 1.74 bits per heavy atom. The van der Waals surface area contributed by atoms with E-state index in [-0.39, 0.29) is 0 Å². The molecule has 3 aliphatic rings. The highest BCUT2D eigenvalue weighted by Crippen LogP contribution is 2.31. The molecule has 7 rings (SSSR count). The molecule has 4 nitrogen and oxygen atoms in total. The van der Waals surface area contributed by atoms with Crippen molar-refractivity contribution in [2.75, 3.05) is 31.1 Å². The fraction of sp³-hybridized carbons (Fsp3) is 0.333. The molecular formula is C30H33N3O. The van der Waals surface area contributed by atoms with Crippen LogP contribution in [0.5, 0.6) is 5.75 Å². The van der Waals surface area contributed by atoms with Gasteiger partial charge in [-0.15, -0.1) is 0 Å². The second-order valence-electron chi connectivity index (χ2n) is 9.80. The highest BCUT2D eigenvalue weighted by Gasteiger charge is 2.33. The van der Waals surface area contributed by atoms with Crippen LogP contribution in [0.3, 0.4) is 0 Å². The van der Waals surface area contributed by atoms with Crippen LogP contribution in [-0.4, -0.2) is 48.2 Å². The zero-order valence-electron chi connectivity index (χ0n) is 19.9. The summed E-state index contributed by atoms with van der Waals surface area (Å²) < 4.78 is 6.22. The number of fused-ring (bicyclic) bond motifs is 6. The number of ether oxygens (including phenoxy) is 1. The topological polar surface area (TPSA) is 31.5 Å². The minimum Gasteiger partial charge on any atom is -0.493 e. The van der Waals surface area contributed by atoms with Crippen LogP contribution in [0, 0.1) is 6.92 Å². The SMILES string of the molecule is Cc1cc2c(OCCCN3C[C@@H]4C/C=C\C[C@H]3CN4c3ccc4ccccc4c3)cccc2[nH]1. The van der Waals surface area contributed by atoms with Crippen LogP contribution < -0.4 is 9.64 Å². The van der Waals surface area contributed by atoms with Gasteiger partial charge in [0.1, 0.15) is 5.75 Å². The maximum Gasteiger partial charge on any atom is 0.128 e. The van der Waals surface area contributed by atoms with Crippen molar-refractivity contribution >= 4 is 27.4 Å². The standard InChI is InChI=1S/C30H33N3O/c1-22-18-28-29(31-22)12-6-13-30(28)34-17-7-16-32-20-27-11-5-4-10-26(32)21-33(27)25-15-14-23-8-2-3-9-24(23)19-25/h2-6,8-9,12-15,18-19,26-27,31H,7,10-11,16-17,20-21H2,1H3/b5-4-/t26-,27-/m0/s1. The smallest absolute Gasteiger partial charge is 0.128 e. The lowest BCUT2D eigenvalue weighted by Gasteiger charge is -2.48. The predicted molar refractivity (Wildman–Crippen MR) is 142 cm³/mol. The zero-order chi connectivity index (χ0) is 22.9. The molecule has 174 valence electrons. The Labute approximate surface area is 201 Å². The van der Waals surface area contributed by atoms with Crippen LogP contribution in [0.4, 0.5) is 5.69 Å². The van der Waals surface area contributed by atoms with Crippen LogP contribution in [0.15, 0.2) is 78.9 Å². The third kappa shape index (κ3) is 4.19. The number of aromatic amines is 1. The van der Waals surface area contributed by atoms with Gasteiger partial charge in [0, 0.05) is 54.0 Å². The van der Waals surface area contributed by atoms with Gasteiger partial charge in [0.25, 0.3) is 0 Å². The number of hydrogen-bond acceptors (Lipinski definition) is 3. The maximum absolute atomic E-state index is 6.22. The van der Waals surface area contributed by atoms with Crippen LogP contribution in [0.1, 0.15) is 25.0 Å². The number of nitrogens with one attached hydrogen (secondary N) is 1. The lowest BCUT2D eigenvalue weighted by molar-refractivity contribution is 0.137. The third-order valence-electron chi connectivity index (χ3n) is 7.46. The number of hydrogen-bond donors (Lipinski definition) is 1. The fourth-order valence-corrected chi connectivity index (χ4v) is 5.73. The molecule has 0 spiro atoms. The molecule has 4 aromatic rings. The van der Waals surface area contributed by atoms with Gasteiger partial charge < -0.3 is 14.6 Å². The van der Waals surface area contributed by atoms with Gasteiger partial charge in [-0.2, -0.15) is 0 Å². The van der Waals surface area contributed by atoms with Crippen molar-refractivity contribution in [1.82, 2.24) is 9.88 Å². The summed E-state index contributed by atoms with van der Waals surface area (Å²) in [5.74, 6) is 0.987. The minimum absolute atomic E-state index is 0.520. The maximum atomic E-state index is 6.22. The summed E-state index contributed by atoms with van der Waals surface area (Å²) in [5, 5.41) is 3.83. The lowest BCUT2D eigenvalue weighted by atomic mass is 9.96. The van der Waals surface area contributed by atoms with Gasteiger partial charge in [-0.25, -0.2) is 0 Å².